The molecule has 182 valence electrons. The summed E-state index contributed by atoms with van der Waals surface area (Å²) < 4.78 is 16.8. The van der Waals surface area contributed by atoms with Crippen molar-refractivity contribution in [2.45, 2.75) is 45.0 Å². The molecule has 6 heteroatoms. The van der Waals surface area contributed by atoms with Gasteiger partial charge in [-0.3, -0.25) is 0 Å². The highest BCUT2D eigenvalue weighted by atomic mass is 16.5. The zero-order valence-electron chi connectivity index (χ0n) is 19.9. The lowest BCUT2D eigenvalue weighted by atomic mass is 9.85. The molecule has 0 bridgehead atoms. The first-order valence-corrected chi connectivity index (χ1v) is 11.5. The Bertz CT molecular complexity index is 847. The second-order valence-electron chi connectivity index (χ2n) is 8.62. The fraction of sp³-hybridized carbons (Fsp3) is 0.357. The maximum absolute atomic E-state index is 9.46. The molecule has 3 atom stereocenters. The molecule has 0 aromatic heterocycles. The van der Waals surface area contributed by atoms with E-state index in [1.807, 2.05) is 72.8 Å². The summed E-state index contributed by atoms with van der Waals surface area (Å²) in [4.78, 5) is 0. The van der Waals surface area contributed by atoms with Gasteiger partial charge in [-0.25, -0.2) is 0 Å². The van der Waals surface area contributed by atoms with Gasteiger partial charge >= 0.3 is 0 Å². The van der Waals surface area contributed by atoms with Gasteiger partial charge in [0.05, 0.1) is 18.3 Å². The van der Waals surface area contributed by atoms with Crippen molar-refractivity contribution in [3.63, 3.8) is 0 Å². The Balaban J connectivity index is 1.87. The third-order valence-corrected chi connectivity index (χ3v) is 5.11. The molecule has 0 radical (unpaired) electrons. The van der Waals surface area contributed by atoms with Crippen LogP contribution in [-0.4, -0.2) is 53.5 Å². The molecule has 0 saturated heterocycles. The van der Waals surface area contributed by atoms with Gasteiger partial charge in [-0.2, -0.15) is 0 Å². The van der Waals surface area contributed by atoms with Gasteiger partial charge in [-0.15, -0.1) is 0 Å². The van der Waals surface area contributed by atoms with E-state index in [0.29, 0.717) is 17.2 Å². The van der Waals surface area contributed by atoms with Crippen LogP contribution in [0.2, 0.25) is 0 Å². The summed E-state index contributed by atoms with van der Waals surface area (Å²) in [5.41, 5.74) is 3.25. The standard InChI is InChI=1S/C28H34O6/c1-19(29)16-32-25-10-4-22(5-11-25)28(23-6-12-26(13-7-23)33-17-20(2)30)24-8-14-27(15-9-24)34-18-21(3)31/h4-15,19-21,28-31H,16-18H2,1-3H3. The summed E-state index contributed by atoms with van der Waals surface area (Å²) in [6.45, 7) is 5.79. The summed E-state index contributed by atoms with van der Waals surface area (Å²) in [5.74, 6) is 2.06. The number of rotatable bonds is 12. The number of aliphatic hydroxyl groups is 3. The van der Waals surface area contributed by atoms with Crippen molar-refractivity contribution in [1.29, 1.82) is 0 Å². The van der Waals surface area contributed by atoms with Crippen LogP contribution in [0, 0.1) is 0 Å². The molecular formula is C28H34O6. The van der Waals surface area contributed by atoms with Gasteiger partial charge in [0.25, 0.3) is 0 Å². The molecule has 3 unspecified atom stereocenters. The molecule has 0 amide bonds. The Morgan fingerprint density at radius 1 is 0.471 bits per heavy atom. The minimum atomic E-state index is -0.531. The molecule has 34 heavy (non-hydrogen) atoms. The van der Waals surface area contributed by atoms with Crippen molar-refractivity contribution >= 4 is 0 Å². The van der Waals surface area contributed by atoms with Gasteiger partial charge in [0, 0.05) is 5.92 Å². The zero-order chi connectivity index (χ0) is 24.5. The van der Waals surface area contributed by atoms with E-state index in [0.717, 1.165) is 16.7 Å². The molecule has 3 N–H and O–H groups in total. The van der Waals surface area contributed by atoms with Crippen LogP contribution in [-0.2, 0) is 0 Å². The second-order valence-corrected chi connectivity index (χ2v) is 8.62. The predicted molar refractivity (Wildman–Crippen MR) is 132 cm³/mol. The molecule has 0 aliphatic heterocycles. The van der Waals surface area contributed by atoms with E-state index < -0.39 is 18.3 Å². The van der Waals surface area contributed by atoms with Crippen LogP contribution in [0.3, 0.4) is 0 Å². The van der Waals surface area contributed by atoms with Crippen molar-refractivity contribution in [3.05, 3.63) is 89.5 Å². The lowest BCUT2D eigenvalue weighted by molar-refractivity contribution is 0.122. The van der Waals surface area contributed by atoms with Crippen LogP contribution in [0.15, 0.2) is 72.8 Å². The fourth-order valence-electron chi connectivity index (χ4n) is 3.50. The maximum atomic E-state index is 9.46. The minimum absolute atomic E-state index is 0.0394. The smallest absolute Gasteiger partial charge is 0.119 e. The first-order valence-electron chi connectivity index (χ1n) is 11.5. The second kappa shape index (κ2) is 12.4. The summed E-state index contributed by atoms with van der Waals surface area (Å²) in [7, 11) is 0. The highest BCUT2D eigenvalue weighted by Crippen LogP contribution is 2.34. The van der Waals surface area contributed by atoms with Crippen molar-refractivity contribution in [3.8, 4) is 17.2 Å². The van der Waals surface area contributed by atoms with Crippen molar-refractivity contribution in [1.82, 2.24) is 0 Å². The quantitative estimate of drug-likeness (QED) is 0.348. The Hall–Kier alpha value is -3.06. The number of hydrogen-bond donors (Lipinski definition) is 3. The van der Waals surface area contributed by atoms with E-state index >= 15 is 0 Å². The fourth-order valence-corrected chi connectivity index (χ4v) is 3.50. The highest BCUT2D eigenvalue weighted by Gasteiger charge is 2.18. The molecule has 3 rings (SSSR count). The topological polar surface area (TPSA) is 88.4 Å². The van der Waals surface area contributed by atoms with Crippen LogP contribution >= 0.6 is 0 Å². The Labute approximate surface area is 201 Å². The monoisotopic (exact) mass is 466 g/mol. The summed E-state index contributed by atoms with van der Waals surface area (Å²) in [6, 6.07) is 23.6. The van der Waals surface area contributed by atoms with E-state index in [1.54, 1.807) is 20.8 Å². The predicted octanol–water partition coefficient (Wildman–Crippen LogP) is 4.15. The lowest BCUT2D eigenvalue weighted by Gasteiger charge is -2.20. The SMILES string of the molecule is CC(O)COc1ccc(C(c2ccc(OCC(C)O)cc2)c2ccc(OCC(C)O)cc2)cc1. The van der Waals surface area contributed by atoms with Crippen molar-refractivity contribution in [2.75, 3.05) is 19.8 Å². The number of ether oxygens (including phenoxy) is 3. The van der Waals surface area contributed by atoms with E-state index in [9.17, 15) is 15.3 Å². The highest BCUT2D eigenvalue weighted by molar-refractivity contribution is 5.46. The van der Waals surface area contributed by atoms with Crippen LogP contribution in [0.1, 0.15) is 43.4 Å². The van der Waals surface area contributed by atoms with E-state index in [1.165, 1.54) is 0 Å². The van der Waals surface area contributed by atoms with Crippen LogP contribution in [0.4, 0.5) is 0 Å². The zero-order valence-corrected chi connectivity index (χ0v) is 19.9. The third-order valence-electron chi connectivity index (χ3n) is 5.11. The molecule has 0 aliphatic rings. The van der Waals surface area contributed by atoms with Gasteiger partial charge in [0.1, 0.15) is 37.1 Å². The van der Waals surface area contributed by atoms with E-state index in [-0.39, 0.29) is 25.7 Å². The average Bonchev–Trinajstić information content (AvgIpc) is 2.82. The van der Waals surface area contributed by atoms with Gasteiger partial charge in [-0.1, -0.05) is 36.4 Å². The molecule has 0 aliphatic carbocycles. The molecular weight excluding hydrogens is 432 g/mol. The minimum Gasteiger partial charge on any atom is -0.491 e. The Morgan fingerprint density at radius 3 is 0.912 bits per heavy atom. The molecule has 0 spiro atoms. The van der Waals surface area contributed by atoms with Gasteiger partial charge in [0.2, 0.25) is 0 Å². The maximum Gasteiger partial charge on any atom is 0.119 e. The van der Waals surface area contributed by atoms with Crippen LogP contribution < -0.4 is 14.2 Å². The molecule has 3 aromatic carbocycles. The van der Waals surface area contributed by atoms with Gasteiger partial charge in [0.15, 0.2) is 0 Å². The Morgan fingerprint density at radius 2 is 0.706 bits per heavy atom. The first-order chi connectivity index (χ1) is 16.3. The first kappa shape index (κ1) is 25.6. The van der Waals surface area contributed by atoms with Crippen LogP contribution in [0.25, 0.3) is 0 Å². The molecule has 3 aromatic rings. The van der Waals surface area contributed by atoms with Gasteiger partial charge < -0.3 is 29.5 Å². The number of aliphatic hydroxyl groups excluding tert-OH is 3. The molecule has 0 fully saturated rings. The summed E-state index contributed by atoms with van der Waals surface area (Å²) in [5, 5.41) is 28.4. The number of benzene rings is 3. The number of hydrogen-bond acceptors (Lipinski definition) is 6. The molecule has 6 nitrogen and oxygen atoms in total. The Kier molecular flexibility index (Phi) is 9.33. The lowest BCUT2D eigenvalue weighted by Crippen LogP contribution is -2.13. The molecule has 0 saturated carbocycles. The largest absolute Gasteiger partial charge is 0.491 e. The molecule has 0 heterocycles. The van der Waals surface area contributed by atoms with E-state index in [2.05, 4.69) is 0 Å². The van der Waals surface area contributed by atoms with Crippen molar-refractivity contribution < 1.29 is 29.5 Å². The van der Waals surface area contributed by atoms with E-state index in [4.69, 9.17) is 14.2 Å². The van der Waals surface area contributed by atoms with Crippen LogP contribution in [0.5, 0.6) is 17.2 Å². The summed E-state index contributed by atoms with van der Waals surface area (Å²) in [6.07, 6.45) is -1.59. The normalized spacial score (nSPS) is 14.6. The van der Waals surface area contributed by atoms with Gasteiger partial charge in [-0.05, 0) is 73.9 Å². The summed E-state index contributed by atoms with van der Waals surface area (Å²) >= 11 is 0. The van der Waals surface area contributed by atoms with Crippen molar-refractivity contribution in [2.24, 2.45) is 0 Å². The third kappa shape index (κ3) is 7.76. The average molecular weight is 467 g/mol.